The van der Waals surface area contributed by atoms with E-state index in [2.05, 4.69) is 15.4 Å². The predicted molar refractivity (Wildman–Crippen MR) is 132 cm³/mol. The van der Waals surface area contributed by atoms with Crippen LogP contribution in [0.15, 0.2) is 48.5 Å². The normalized spacial score (nSPS) is 11.9. The molecule has 2 aromatic carbocycles. The van der Waals surface area contributed by atoms with Gasteiger partial charge in [0.25, 0.3) is 5.91 Å². The fourth-order valence-electron chi connectivity index (χ4n) is 3.51. The van der Waals surface area contributed by atoms with Crippen molar-refractivity contribution in [3.63, 3.8) is 0 Å². The first-order chi connectivity index (χ1) is 16.5. The molecule has 0 spiro atoms. The van der Waals surface area contributed by atoms with E-state index in [1.165, 1.54) is 10.7 Å². The Morgan fingerprint density at radius 2 is 1.69 bits per heavy atom. The third-order valence-corrected chi connectivity index (χ3v) is 5.89. The average Bonchev–Trinajstić information content (AvgIpc) is 3.14. The van der Waals surface area contributed by atoms with Gasteiger partial charge in [0.1, 0.15) is 0 Å². The lowest BCUT2D eigenvalue weighted by molar-refractivity contribution is -0.141. The number of nitrogens with one attached hydrogen (secondary N) is 1. The molecule has 0 aliphatic heterocycles. The van der Waals surface area contributed by atoms with Gasteiger partial charge in [-0.25, -0.2) is 9.67 Å². The van der Waals surface area contributed by atoms with Gasteiger partial charge in [0.05, 0.1) is 22.0 Å². The van der Waals surface area contributed by atoms with Gasteiger partial charge in [0.2, 0.25) is 0 Å². The highest BCUT2D eigenvalue weighted by Gasteiger charge is 2.38. The van der Waals surface area contributed by atoms with Gasteiger partial charge in [-0.15, -0.1) is 5.10 Å². The van der Waals surface area contributed by atoms with Crippen LogP contribution in [0.1, 0.15) is 29.9 Å². The van der Waals surface area contributed by atoms with Gasteiger partial charge in [-0.05, 0) is 42.3 Å². The van der Waals surface area contributed by atoms with Crippen LogP contribution in [0.25, 0.3) is 28.0 Å². The zero-order valence-electron chi connectivity index (χ0n) is 18.4. The Morgan fingerprint density at radius 3 is 2.29 bits per heavy atom. The first-order valence-electron chi connectivity index (χ1n) is 10.5. The van der Waals surface area contributed by atoms with Crippen LogP contribution in [0, 0.1) is 5.92 Å². The number of benzene rings is 2. The number of nitrogens with zero attached hydrogens (tertiary/aromatic N) is 3. The molecule has 0 aliphatic carbocycles. The summed E-state index contributed by atoms with van der Waals surface area (Å²) in [5, 5.41) is 8.19. The minimum atomic E-state index is -4.87. The van der Waals surface area contributed by atoms with E-state index >= 15 is 0 Å². The molecule has 1 N–H and O–H groups in total. The molecule has 1 amide bonds. The van der Waals surface area contributed by atoms with Gasteiger partial charge in [-0.2, -0.15) is 13.2 Å². The molecule has 35 heavy (non-hydrogen) atoms. The molecule has 4 rings (SSSR count). The molecule has 0 unspecified atom stereocenters. The molecule has 182 valence electrons. The van der Waals surface area contributed by atoms with Crippen molar-refractivity contribution in [1.82, 2.24) is 20.1 Å². The Morgan fingerprint density at radius 1 is 1.03 bits per heavy atom. The number of pyridine rings is 1. The summed E-state index contributed by atoms with van der Waals surface area (Å²) in [4.78, 5) is 16.6. The Balaban J connectivity index is 2.04. The van der Waals surface area contributed by atoms with Gasteiger partial charge < -0.3 is 5.32 Å². The maximum absolute atomic E-state index is 13.9. The van der Waals surface area contributed by atoms with Crippen molar-refractivity contribution in [3.05, 3.63) is 74.9 Å². The highest BCUT2D eigenvalue weighted by Crippen LogP contribution is 2.38. The van der Waals surface area contributed by atoms with E-state index in [9.17, 15) is 18.0 Å². The third kappa shape index (κ3) is 5.24. The molecular formula is C24H18Cl3F3N4O. The van der Waals surface area contributed by atoms with E-state index in [0.29, 0.717) is 27.0 Å². The van der Waals surface area contributed by atoms with Crippen molar-refractivity contribution in [2.45, 2.75) is 20.0 Å². The first-order valence-corrected chi connectivity index (χ1v) is 11.6. The van der Waals surface area contributed by atoms with Crippen molar-refractivity contribution >= 4 is 51.7 Å². The summed E-state index contributed by atoms with van der Waals surface area (Å²) in [6.07, 6.45) is -4.87. The predicted octanol–water partition coefficient (Wildman–Crippen LogP) is 7.45. The summed E-state index contributed by atoms with van der Waals surface area (Å²) >= 11 is 18.5. The number of halogens is 6. The van der Waals surface area contributed by atoms with Crippen LogP contribution in [0.4, 0.5) is 13.2 Å². The van der Waals surface area contributed by atoms with Crippen LogP contribution >= 0.6 is 34.8 Å². The number of carbonyl (C=O) groups is 1. The number of carbonyl (C=O) groups excluding carboxylic acids is 1. The van der Waals surface area contributed by atoms with Crippen LogP contribution in [-0.2, 0) is 6.18 Å². The number of aromatic nitrogens is 3. The number of amides is 1. The molecule has 0 radical (unpaired) electrons. The minimum Gasteiger partial charge on any atom is -0.352 e. The number of alkyl halides is 3. The van der Waals surface area contributed by atoms with E-state index in [4.69, 9.17) is 34.8 Å². The minimum absolute atomic E-state index is 0.0457. The second-order valence-electron chi connectivity index (χ2n) is 8.22. The summed E-state index contributed by atoms with van der Waals surface area (Å²) in [5.74, 6) is -0.829. The molecule has 11 heteroatoms. The number of rotatable bonds is 5. The maximum Gasteiger partial charge on any atom is 0.434 e. The van der Waals surface area contributed by atoms with Crippen molar-refractivity contribution in [3.8, 4) is 16.9 Å². The van der Waals surface area contributed by atoms with Crippen molar-refractivity contribution < 1.29 is 18.0 Å². The molecule has 0 saturated carbocycles. The summed E-state index contributed by atoms with van der Waals surface area (Å²) in [7, 11) is 0. The van der Waals surface area contributed by atoms with Crippen LogP contribution in [0.2, 0.25) is 15.1 Å². The maximum atomic E-state index is 13.9. The molecule has 0 atom stereocenters. The molecular weight excluding hydrogens is 524 g/mol. The summed E-state index contributed by atoms with van der Waals surface area (Å²) in [6, 6.07) is 12.5. The highest BCUT2D eigenvalue weighted by molar-refractivity contribution is 6.35. The lowest BCUT2D eigenvalue weighted by Crippen LogP contribution is -2.30. The summed E-state index contributed by atoms with van der Waals surface area (Å²) in [5.41, 5.74) is -0.770. The second kappa shape index (κ2) is 9.68. The van der Waals surface area contributed by atoms with Crippen LogP contribution in [-0.4, -0.2) is 27.2 Å². The number of hydrogen-bond donors (Lipinski definition) is 1. The van der Waals surface area contributed by atoms with E-state index in [-0.39, 0.29) is 28.5 Å². The standard InChI is InChI=1S/C24H18Cl3F3N4O/c1-12(2)11-31-23(35)17-10-16-20(13-3-5-14(25)6-4-13)34(19-8-7-15(26)9-18(19)27)33-22(16)32-21(17)24(28,29)30/h3-10,12H,11H2,1-2H3,(H,31,35). The number of hydrogen-bond acceptors (Lipinski definition) is 3. The van der Waals surface area contributed by atoms with Gasteiger partial charge in [0, 0.05) is 27.5 Å². The van der Waals surface area contributed by atoms with Gasteiger partial charge in [-0.1, -0.05) is 60.8 Å². The van der Waals surface area contributed by atoms with Gasteiger partial charge in [-0.3, -0.25) is 4.79 Å². The Bertz CT molecular complexity index is 1420. The lowest BCUT2D eigenvalue weighted by atomic mass is 10.0. The van der Waals surface area contributed by atoms with Crippen LogP contribution < -0.4 is 5.32 Å². The van der Waals surface area contributed by atoms with E-state index in [1.807, 2.05) is 13.8 Å². The Labute approximate surface area is 213 Å². The van der Waals surface area contributed by atoms with E-state index in [0.717, 1.165) is 6.07 Å². The quantitative estimate of drug-likeness (QED) is 0.285. The average molecular weight is 542 g/mol. The fraction of sp³-hybridized carbons (Fsp3) is 0.208. The lowest BCUT2D eigenvalue weighted by Gasteiger charge is -2.13. The molecule has 0 saturated heterocycles. The highest BCUT2D eigenvalue weighted by atomic mass is 35.5. The van der Waals surface area contributed by atoms with Gasteiger partial charge in [0.15, 0.2) is 11.3 Å². The zero-order chi connectivity index (χ0) is 25.5. The van der Waals surface area contributed by atoms with E-state index in [1.54, 1.807) is 36.4 Å². The monoisotopic (exact) mass is 540 g/mol. The zero-order valence-corrected chi connectivity index (χ0v) is 20.7. The smallest absolute Gasteiger partial charge is 0.352 e. The third-order valence-electron chi connectivity index (χ3n) is 5.10. The molecule has 2 aromatic heterocycles. The summed E-state index contributed by atoms with van der Waals surface area (Å²) in [6.45, 7) is 3.88. The number of fused-ring (bicyclic) bond motifs is 1. The summed E-state index contributed by atoms with van der Waals surface area (Å²) < 4.78 is 43.1. The first kappa shape index (κ1) is 25.3. The molecule has 2 heterocycles. The fourth-order valence-corrected chi connectivity index (χ4v) is 4.12. The van der Waals surface area contributed by atoms with E-state index < -0.39 is 23.3 Å². The Kier molecular flexibility index (Phi) is 6.99. The van der Waals surface area contributed by atoms with Crippen molar-refractivity contribution in [1.29, 1.82) is 0 Å². The molecule has 5 nitrogen and oxygen atoms in total. The Hall–Kier alpha value is -2.81. The molecule has 0 bridgehead atoms. The van der Waals surface area contributed by atoms with Crippen molar-refractivity contribution in [2.24, 2.45) is 5.92 Å². The van der Waals surface area contributed by atoms with Crippen LogP contribution in [0.5, 0.6) is 0 Å². The molecule has 0 aliphatic rings. The molecule has 4 aromatic rings. The van der Waals surface area contributed by atoms with Crippen LogP contribution in [0.3, 0.4) is 0 Å². The topological polar surface area (TPSA) is 59.8 Å². The molecule has 0 fully saturated rings. The van der Waals surface area contributed by atoms with Gasteiger partial charge >= 0.3 is 6.18 Å². The second-order valence-corrected chi connectivity index (χ2v) is 9.50. The largest absolute Gasteiger partial charge is 0.434 e. The SMILES string of the molecule is CC(C)CNC(=O)c1cc2c(-c3ccc(Cl)cc3)n(-c3ccc(Cl)cc3Cl)nc2nc1C(F)(F)F. The van der Waals surface area contributed by atoms with Crippen molar-refractivity contribution in [2.75, 3.05) is 6.54 Å².